The van der Waals surface area contributed by atoms with Crippen LogP contribution in [0.2, 0.25) is 0 Å². The fraction of sp³-hybridized carbons (Fsp3) is 0.333. The van der Waals surface area contributed by atoms with Gasteiger partial charge in [-0.1, -0.05) is 22.5 Å². The predicted octanol–water partition coefficient (Wildman–Crippen LogP) is 0.999. The maximum absolute atomic E-state index is 3.47. The third-order valence-corrected chi connectivity index (χ3v) is 0. The van der Waals surface area contributed by atoms with E-state index in [1.165, 1.54) is 0 Å². The molecule has 0 aromatic rings. The van der Waals surface area contributed by atoms with Gasteiger partial charge >= 0.3 is 23.1 Å². The molecule has 0 spiro atoms. The summed E-state index contributed by atoms with van der Waals surface area (Å²) < 4.78 is 0.979. The zero-order valence-corrected chi connectivity index (χ0v) is 4.17. The van der Waals surface area contributed by atoms with Gasteiger partial charge in [0.1, 0.15) is 0 Å². The predicted molar refractivity (Wildman–Crippen MR) is 32.3 cm³/mol. The van der Waals surface area contributed by atoms with Crippen molar-refractivity contribution in [2.24, 2.45) is 0 Å². The molecule has 0 atom stereocenters. The van der Waals surface area contributed by atoms with Gasteiger partial charge in [-0.2, -0.15) is 0 Å². The number of allylic oxidation sites excluding steroid dienone is 1. The molecule has 0 aliphatic rings. The van der Waals surface area contributed by atoms with Gasteiger partial charge < -0.3 is 0 Å². The monoisotopic (exact) mass is 146 g/mol. The van der Waals surface area contributed by atoms with Crippen LogP contribution in [0.3, 0.4) is 0 Å². The van der Waals surface area contributed by atoms with E-state index in [-0.39, 0.29) is 23.1 Å². The highest BCUT2D eigenvalue weighted by Crippen LogP contribution is 1.93. The second-order valence-corrected chi connectivity index (χ2v) is 2.03. The number of rotatable bonds is 0. The van der Waals surface area contributed by atoms with E-state index in [4.69, 9.17) is 0 Å². The van der Waals surface area contributed by atoms with Crippen LogP contribution in [0.25, 0.3) is 0 Å². The molecule has 0 saturated carbocycles. The van der Waals surface area contributed by atoms with Crippen LogP contribution >= 0.6 is 15.9 Å². The van der Waals surface area contributed by atoms with Gasteiger partial charge in [0, 0.05) is 0 Å². The van der Waals surface area contributed by atoms with Crippen LogP contribution in [-0.4, -0.2) is 23.1 Å². The van der Waals surface area contributed by atoms with Crippen LogP contribution in [-0.2, 0) is 0 Å². The topological polar surface area (TPSA) is 0 Å². The average molecular weight is 147 g/mol. The van der Waals surface area contributed by atoms with Crippen molar-refractivity contribution in [3.8, 4) is 0 Å². The SMILES string of the molecule is C=C(C)Br.[MgH2]. The third-order valence-electron chi connectivity index (χ3n) is 0. The largest absolute Gasteiger partial charge is 0.316 e. The highest BCUT2D eigenvalue weighted by Gasteiger charge is 1.55. The molecule has 2 heteroatoms. The van der Waals surface area contributed by atoms with Crippen LogP contribution in [0.5, 0.6) is 0 Å². The molecule has 0 aromatic carbocycles. The Bertz CT molecular complexity index is 29.9. The fourth-order valence-electron chi connectivity index (χ4n) is 0. The Balaban J connectivity index is 0. The van der Waals surface area contributed by atoms with Gasteiger partial charge in [0.05, 0.1) is 0 Å². The Morgan fingerprint density at radius 2 is 1.80 bits per heavy atom. The highest BCUT2D eigenvalue weighted by atomic mass is 79.9. The molecule has 0 fully saturated rings. The molecular weight excluding hydrogens is 140 g/mol. The van der Waals surface area contributed by atoms with Gasteiger partial charge in [0.2, 0.25) is 0 Å². The summed E-state index contributed by atoms with van der Waals surface area (Å²) in [7, 11) is 0. The van der Waals surface area contributed by atoms with E-state index in [1.54, 1.807) is 0 Å². The molecule has 0 nitrogen and oxygen atoms in total. The van der Waals surface area contributed by atoms with Crippen LogP contribution in [0, 0.1) is 0 Å². The standard InChI is InChI=1S/C3H5Br.Mg.2H/c1-3(2)4;;;/h1H2,2H3;;;. The van der Waals surface area contributed by atoms with Gasteiger partial charge in [-0.25, -0.2) is 0 Å². The third kappa shape index (κ3) is 45.7. The van der Waals surface area contributed by atoms with Crippen molar-refractivity contribution in [3.63, 3.8) is 0 Å². The summed E-state index contributed by atoms with van der Waals surface area (Å²) in [6, 6.07) is 0. The lowest BCUT2D eigenvalue weighted by atomic mass is 10.8. The molecule has 0 aliphatic carbocycles. The Hall–Kier alpha value is 0.986. The van der Waals surface area contributed by atoms with Crippen molar-refractivity contribution in [1.82, 2.24) is 0 Å². The first-order valence-electron chi connectivity index (χ1n) is 1.04. The number of hydrogen-bond donors (Lipinski definition) is 0. The van der Waals surface area contributed by atoms with Crippen molar-refractivity contribution < 1.29 is 0 Å². The lowest BCUT2D eigenvalue weighted by molar-refractivity contribution is 1.75. The zero-order valence-electron chi connectivity index (χ0n) is 2.59. The summed E-state index contributed by atoms with van der Waals surface area (Å²) >= 11 is 3.08. The molecule has 0 rings (SSSR count). The quantitative estimate of drug-likeness (QED) is 0.448. The van der Waals surface area contributed by atoms with E-state index in [0.717, 1.165) is 4.48 Å². The summed E-state index contributed by atoms with van der Waals surface area (Å²) in [6.07, 6.45) is 0. The molecule has 0 saturated heterocycles. The molecule has 0 radical (unpaired) electrons. The van der Waals surface area contributed by atoms with Gasteiger partial charge in [-0.15, -0.1) is 0 Å². The molecule has 5 heavy (non-hydrogen) atoms. The second-order valence-electron chi connectivity index (χ2n) is 0.676. The molecule has 0 unspecified atom stereocenters. The van der Waals surface area contributed by atoms with E-state index in [0.29, 0.717) is 0 Å². The van der Waals surface area contributed by atoms with Crippen LogP contribution in [0.4, 0.5) is 0 Å². The normalized spacial score (nSPS) is 5.20. The summed E-state index contributed by atoms with van der Waals surface area (Å²) in [5.41, 5.74) is 0. The first kappa shape index (κ1) is 9.37. The molecule has 0 N–H and O–H groups in total. The zero-order chi connectivity index (χ0) is 3.58. The molecular formula is C3H7BrMg. The minimum Gasteiger partial charge on any atom is -0.0891 e. The van der Waals surface area contributed by atoms with Crippen LogP contribution < -0.4 is 0 Å². The molecule has 0 bridgehead atoms. The van der Waals surface area contributed by atoms with Gasteiger partial charge in [-0.05, 0) is 11.4 Å². The van der Waals surface area contributed by atoms with Crippen molar-refractivity contribution in [1.29, 1.82) is 0 Å². The summed E-state index contributed by atoms with van der Waals surface area (Å²) in [5.74, 6) is 0. The number of hydrogen-bond acceptors (Lipinski definition) is 0. The summed E-state index contributed by atoms with van der Waals surface area (Å²) in [5, 5.41) is 0. The molecule has 0 heterocycles. The van der Waals surface area contributed by atoms with Gasteiger partial charge in [-0.3, -0.25) is 0 Å². The van der Waals surface area contributed by atoms with E-state index in [2.05, 4.69) is 22.5 Å². The molecule has 0 aromatic heterocycles. The van der Waals surface area contributed by atoms with Crippen LogP contribution in [0.15, 0.2) is 11.1 Å². The maximum Gasteiger partial charge on any atom is 0.316 e. The number of halogens is 1. The molecule has 0 amide bonds. The van der Waals surface area contributed by atoms with Gasteiger partial charge in [0.25, 0.3) is 0 Å². The van der Waals surface area contributed by atoms with Crippen LogP contribution in [0.1, 0.15) is 6.92 Å². The first-order chi connectivity index (χ1) is 1.73. The Morgan fingerprint density at radius 1 is 1.80 bits per heavy atom. The smallest absolute Gasteiger partial charge is 0.0891 e. The fourth-order valence-corrected chi connectivity index (χ4v) is 0. The van der Waals surface area contributed by atoms with Crippen molar-refractivity contribution >= 4 is 39.0 Å². The Morgan fingerprint density at radius 3 is 1.80 bits per heavy atom. The molecule has 28 valence electrons. The lowest BCUT2D eigenvalue weighted by Crippen LogP contribution is -1.32. The highest BCUT2D eigenvalue weighted by molar-refractivity contribution is 9.11. The van der Waals surface area contributed by atoms with Crippen molar-refractivity contribution in [2.75, 3.05) is 0 Å². The Labute approximate surface area is 56.9 Å². The lowest BCUT2D eigenvalue weighted by Gasteiger charge is -1.61. The molecule has 0 aliphatic heterocycles. The summed E-state index contributed by atoms with van der Waals surface area (Å²) in [4.78, 5) is 0. The van der Waals surface area contributed by atoms with Gasteiger partial charge in [0.15, 0.2) is 0 Å². The summed E-state index contributed by atoms with van der Waals surface area (Å²) in [6.45, 7) is 5.36. The average Bonchev–Trinajstić information content (AvgIpc) is 0.811. The van der Waals surface area contributed by atoms with Crippen molar-refractivity contribution in [2.45, 2.75) is 6.92 Å². The van der Waals surface area contributed by atoms with E-state index >= 15 is 0 Å². The second kappa shape index (κ2) is 4.99. The van der Waals surface area contributed by atoms with E-state index < -0.39 is 0 Å². The maximum atomic E-state index is 3.47. The van der Waals surface area contributed by atoms with Crippen molar-refractivity contribution in [3.05, 3.63) is 11.1 Å². The minimum atomic E-state index is 0. The first-order valence-corrected chi connectivity index (χ1v) is 1.84. The minimum absolute atomic E-state index is 0. The van der Waals surface area contributed by atoms with E-state index in [1.807, 2.05) is 6.92 Å². The Kier molecular flexibility index (Phi) is 9.34. The van der Waals surface area contributed by atoms with E-state index in [9.17, 15) is 0 Å².